The van der Waals surface area contributed by atoms with Gasteiger partial charge in [-0.3, -0.25) is 19.2 Å². The van der Waals surface area contributed by atoms with Crippen molar-refractivity contribution >= 4 is 16.8 Å². The molecule has 0 radical (unpaired) electrons. The number of fused-ring (bicyclic) bond motifs is 1. The van der Waals surface area contributed by atoms with Gasteiger partial charge in [0.05, 0.1) is 37.6 Å². The smallest absolute Gasteiger partial charge is 0.277 e. The third kappa shape index (κ3) is 4.84. The molecule has 3 aromatic rings. The highest BCUT2D eigenvalue weighted by atomic mass is 16.5. The Hall–Kier alpha value is -3.04. The number of nitrogens with one attached hydrogen (secondary N) is 1. The molecule has 0 atom stereocenters. The molecule has 9 heteroatoms. The van der Waals surface area contributed by atoms with Crippen LogP contribution in [-0.2, 0) is 17.7 Å². The van der Waals surface area contributed by atoms with Gasteiger partial charge in [0, 0.05) is 25.2 Å². The minimum absolute atomic E-state index is 0.00935. The van der Waals surface area contributed by atoms with Gasteiger partial charge in [0.1, 0.15) is 17.1 Å². The number of rotatable bonds is 9. The fourth-order valence-corrected chi connectivity index (χ4v) is 4.14. The average Bonchev–Trinajstić information content (AvgIpc) is 3.18. The first-order chi connectivity index (χ1) is 16.0. The van der Waals surface area contributed by atoms with Gasteiger partial charge in [0.25, 0.3) is 5.56 Å². The van der Waals surface area contributed by atoms with E-state index in [9.17, 15) is 9.59 Å². The minimum Gasteiger partial charge on any atom is -0.493 e. The molecule has 0 amide bonds. The number of hydrogen-bond donors (Lipinski definition) is 1. The van der Waals surface area contributed by atoms with Gasteiger partial charge in [-0.1, -0.05) is 13.3 Å². The van der Waals surface area contributed by atoms with Crippen molar-refractivity contribution in [3.8, 4) is 17.1 Å². The number of ether oxygens (including phenoxy) is 2. The van der Waals surface area contributed by atoms with Crippen LogP contribution in [0.25, 0.3) is 22.4 Å². The zero-order valence-corrected chi connectivity index (χ0v) is 19.5. The molecule has 1 aromatic carbocycles. The number of Topliss-reactive ketones (excluding diaryl/α,β-unsaturated/α-hetero) is 1. The minimum atomic E-state index is -0.251. The molecule has 0 saturated carbocycles. The lowest BCUT2D eigenvalue weighted by molar-refractivity contribution is 0.0371. The van der Waals surface area contributed by atoms with Crippen LogP contribution in [0.15, 0.2) is 23.0 Å². The van der Waals surface area contributed by atoms with E-state index in [4.69, 9.17) is 14.5 Å². The van der Waals surface area contributed by atoms with Crippen molar-refractivity contribution in [3.05, 3.63) is 39.8 Å². The van der Waals surface area contributed by atoms with Crippen molar-refractivity contribution in [2.24, 2.45) is 0 Å². The third-order valence-electron chi connectivity index (χ3n) is 5.78. The number of aromatic amines is 1. The molecule has 176 valence electrons. The molecule has 4 rings (SSSR count). The standard InChI is InChI=1S/C24H31N5O4/c1-4-7-18-21-22(29(5-2)27-18)24(31)26-23(25-21)17-14-16(8-9-20(17)33-6-3)19(30)15-28-10-12-32-13-11-28/h8-9,14H,4-7,10-13,15H2,1-3H3,(H,25,26,31). The molecular weight excluding hydrogens is 422 g/mol. The summed E-state index contributed by atoms with van der Waals surface area (Å²) in [6.45, 7) is 10.0. The van der Waals surface area contributed by atoms with E-state index in [2.05, 4.69) is 21.9 Å². The molecule has 2 aromatic heterocycles. The number of aryl methyl sites for hydroxylation is 2. The van der Waals surface area contributed by atoms with E-state index in [0.717, 1.165) is 31.6 Å². The van der Waals surface area contributed by atoms with Crippen LogP contribution in [0.2, 0.25) is 0 Å². The van der Waals surface area contributed by atoms with Gasteiger partial charge in [-0.05, 0) is 38.5 Å². The Morgan fingerprint density at radius 2 is 2.00 bits per heavy atom. The molecule has 1 aliphatic rings. The van der Waals surface area contributed by atoms with E-state index in [1.54, 1.807) is 22.9 Å². The molecule has 1 fully saturated rings. The highest BCUT2D eigenvalue weighted by Gasteiger charge is 2.21. The average molecular weight is 454 g/mol. The van der Waals surface area contributed by atoms with E-state index >= 15 is 0 Å². The van der Waals surface area contributed by atoms with Crippen LogP contribution in [0.5, 0.6) is 5.75 Å². The molecule has 1 N–H and O–H groups in total. The van der Waals surface area contributed by atoms with Gasteiger partial charge in [-0.25, -0.2) is 4.98 Å². The quantitative estimate of drug-likeness (QED) is 0.497. The fraction of sp³-hybridized carbons (Fsp3) is 0.500. The zero-order valence-electron chi connectivity index (χ0n) is 19.5. The molecular formula is C24H31N5O4. The highest BCUT2D eigenvalue weighted by molar-refractivity contribution is 5.99. The monoisotopic (exact) mass is 453 g/mol. The Bertz CT molecular complexity index is 1190. The largest absolute Gasteiger partial charge is 0.493 e. The number of carbonyl (C=O) groups excluding carboxylic acids is 1. The van der Waals surface area contributed by atoms with Gasteiger partial charge in [0.2, 0.25) is 0 Å². The SMILES string of the molecule is CCCc1nn(CC)c2c(=O)[nH]c(-c3cc(C(=O)CN4CCOCC4)ccc3OCC)nc12. The summed E-state index contributed by atoms with van der Waals surface area (Å²) in [5.74, 6) is 0.961. The number of nitrogens with zero attached hydrogens (tertiary/aromatic N) is 4. The van der Waals surface area contributed by atoms with E-state index in [1.165, 1.54) is 0 Å². The number of H-pyrrole nitrogens is 1. The number of morpholine rings is 1. The Balaban J connectivity index is 1.77. The Kier molecular flexibility index (Phi) is 7.20. The Morgan fingerprint density at radius 3 is 2.70 bits per heavy atom. The molecule has 0 bridgehead atoms. The van der Waals surface area contributed by atoms with Crippen molar-refractivity contribution in [2.45, 2.75) is 40.2 Å². The second kappa shape index (κ2) is 10.3. The molecule has 1 aliphatic heterocycles. The lowest BCUT2D eigenvalue weighted by Crippen LogP contribution is -2.39. The van der Waals surface area contributed by atoms with Crippen LogP contribution in [-0.4, -0.2) is 69.9 Å². The predicted octanol–water partition coefficient (Wildman–Crippen LogP) is 2.67. The molecule has 9 nitrogen and oxygen atoms in total. The fourth-order valence-electron chi connectivity index (χ4n) is 4.14. The summed E-state index contributed by atoms with van der Waals surface area (Å²) in [6.07, 6.45) is 1.63. The number of hydrogen-bond acceptors (Lipinski definition) is 7. The van der Waals surface area contributed by atoms with Gasteiger partial charge >= 0.3 is 0 Å². The first-order valence-electron chi connectivity index (χ1n) is 11.7. The van der Waals surface area contributed by atoms with Crippen molar-refractivity contribution in [2.75, 3.05) is 39.5 Å². The highest BCUT2D eigenvalue weighted by Crippen LogP contribution is 2.30. The summed E-state index contributed by atoms with van der Waals surface area (Å²) in [4.78, 5) is 35.8. The van der Waals surface area contributed by atoms with Gasteiger partial charge in [0.15, 0.2) is 11.3 Å². The van der Waals surface area contributed by atoms with Crippen LogP contribution >= 0.6 is 0 Å². The van der Waals surface area contributed by atoms with E-state index in [-0.39, 0.29) is 11.3 Å². The Morgan fingerprint density at radius 1 is 1.21 bits per heavy atom. The van der Waals surface area contributed by atoms with Crippen molar-refractivity contribution < 1.29 is 14.3 Å². The maximum Gasteiger partial charge on any atom is 0.277 e. The van der Waals surface area contributed by atoms with Crippen molar-refractivity contribution in [3.63, 3.8) is 0 Å². The van der Waals surface area contributed by atoms with Crippen LogP contribution in [0, 0.1) is 0 Å². The summed E-state index contributed by atoms with van der Waals surface area (Å²) in [7, 11) is 0. The number of aromatic nitrogens is 4. The van der Waals surface area contributed by atoms with Crippen LogP contribution < -0.4 is 10.3 Å². The first kappa shape index (κ1) is 23.1. The summed E-state index contributed by atoms with van der Waals surface area (Å²) >= 11 is 0. The van der Waals surface area contributed by atoms with Crippen LogP contribution in [0.4, 0.5) is 0 Å². The van der Waals surface area contributed by atoms with E-state index in [1.807, 2.05) is 13.8 Å². The lowest BCUT2D eigenvalue weighted by Gasteiger charge is -2.25. The molecule has 3 heterocycles. The number of ketones is 1. The summed E-state index contributed by atoms with van der Waals surface area (Å²) < 4.78 is 12.9. The summed E-state index contributed by atoms with van der Waals surface area (Å²) in [5.41, 5.74) is 2.78. The second-order valence-electron chi connectivity index (χ2n) is 8.08. The van der Waals surface area contributed by atoms with Crippen LogP contribution in [0.3, 0.4) is 0 Å². The van der Waals surface area contributed by atoms with E-state index < -0.39 is 0 Å². The Labute approximate surface area is 192 Å². The van der Waals surface area contributed by atoms with Gasteiger partial charge in [-0.2, -0.15) is 5.10 Å². The van der Waals surface area contributed by atoms with Gasteiger partial charge < -0.3 is 14.5 Å². The predicted molar refractivity (Wildman–Crippen MR) is 126 cm³/mol. The summed E-state index contributed by atoms with van der Waals surface area (Å²) in [6, 6.07) is 5.31. The number of benzene rings is 1. The molecule has 33 heavy (non-hydrogen) atoms. The number of carbonyl (C=O) groups is 1. The lowest BCUT2D eigenvalue weighted by atomic mass is 10.0. The molecule has 1 saturated heterocycles. The topological polar surface area (TPSA) is 102 Å². The summed E-state index contributed by atoms with van der Waals surface area (Å²) in [5, 5.41) is 4.60. The normalized spacial score (nSPS) is 14.6. The maximum atomic E-state index is 13.0. The molecule has 0 spiro atoms. The van der Waals surface area contributed by atoms with Gasteiger partial charge in [-0.15, -0.1) is 0 Å². The molecule has 0 unspecified atom stereocenters. The maximum absolute atomic E-state index is 13.0. The zero-order chi connectivity index (χ0) is 23.4. The van der Waals surface area contributed by atoms with Crippen LogP contribution in [0.1, 0.15) is 43.2 Å². The molecule has 0 aliphatic carbocycles. The second-order valence-corrected chi connectivity index (χ2v) is 8.08. The third-order valence-corrected chi connectivity index (χ3v) is 5.78. The van der Waals surface area contributed by atoms with E-state index in [0.29, 0.717) is 66.6 Å². The van der Waals surface area contributed by atoms with Crippen molar-refractivity contribution in [1.29, 1.82) is 0 Å². The van der Waals surface area contributed by atoms with Crippen molar-refractivity contribution in [1.82, 2.24) is 24.6 Å². The first-order valence-corrected chi connectivity index (χ1v) is 11.7.